The van der Waals surface area contributed by atoms with Gasteiger partial charge in [0, 0.05) is 13.1 Å². The molecule has 20 heavy (non-hydrogen) atoms. The van der Waals surface area contributed by atoms with Crippen LogP contribution >= 0.6 is 0 Å². The lowest BCUT2D eigenvalue weighted by Gasteiger charge is -2.23. The fourth-order valence-corrected chi connectivity index (χ4v) is 3.98. The topological polar surface area (TPSA) is 37.4 Å². The first-order valence-corrected chi connectivity index (χ1v) is 8.95. The molecule has 3 nitrogen and oxygen atoms in total. The third-order valence-corrected chi connectivity index (χ3v) is 5.74. The molecule has 0 heterocycles. The number of hydrogen-bond acceptors (Lipinski definition) is 2. The highest BCUT2D eigenvalue weighted by atomic mass is 32.2. The number of rotatable bonds is 8. The molecular weight excluding hydrogens is 270 g/mol. The molecule has 0 saturated carbocycles. The number of hydrogen-bond donors (Lipinski definition) is 0. The van der Waals surface area contributed by atoms with Crippen molar-refractivity contribution in [2.45, 2.75) is 58.3 Å². The third-order valence-electron chi connectivity index (χ3n) is 3.69. The van der Waals surface area contributed by atoms with Crippen molar-refractivity contribution in [1.29, 1.82) is 0 Å². The van der Waals surface area contributed by atoms with Crippen molar-refractivity contribution in [1.82, 2.24) is 4.31 Å². The van der Waals surface area contributed by atoms with Crippen LogP contribution in [0.25, 0.3) is 0 Å². The summed E-state index contributed by atoms with van der Waals surface area (Å²) in [4.78, 5) is 0.463. The smallest absolute Gasteiger partial charge is 0.207 e. The summed E-state index contributed by atoms with van der Waals surface area (Å²) in [6.07, 6.45) is 3.83. The lowest BCUT2D eigenvalue weighted by Crippen LogP contribution is -2.33. The zero-order valence-corrected chi connectivity index (χ0v) is 14.0. The van der Waals surface area contributed by atoms with Crippen molar-refractivity contribution in [3.8, 4) is 0 Å². The van der Waals surface area contributed by atoms with E-state index in [1.807, 2.05) is 26.0 Å². The fraction of sp³-hybridized carbons (Fsp3) is 0.625. The van der Waals surface area contributed by atoms with E-state index in [-0.39, 0.29) is 0 Å². The molecular formula is C16H27NO2S. The maximum absolute atomic E-state index is 12.8. The van der Waals surface area contributed by atoms with E-state index in [0.717, 1.165) is 36.8 Å². The van der Waals surface area contributed by atoms with E-state index < -0.39 is 10.0 Å². The first kappa shape index (κ1) is 17.2. The molecule has 0 unspecified atom stereocenters. The van der Waals surface area contributed by atoms with Crippen LogP contribution in [-0.4, -0.2) is 25.8 Å². The maximum atomic E-state index is 12.8. The summed E-state index contributed by atoms with van der Waals surface area (Å²) in [5, 5.41) is 0. The van der Waals surface area contributed by atoms with Crippen molar-refractivity contribution in [3.05, 3.63) is 29.3 Å². The van der Waals surface area contributed by atoms with Crippen LogP contribution in [0.5, 0.6) is 0 Å². The summed E-state index contributed by atoms with van der Waals surface area (Å²) < 4.78 is 27.3. The molecule has 4 heteroatoms. The van der Waals surface area contributed by atoms with Crippen LogP contribution < -0.4 is 0 Å². The van der Waals surface area contributed by atoms with Gasteiger partial charge in [0.05, 0.1) is 4.90 Å². The summed E-state index contributed by atoms with van der Waals surface area (Å²) in [5.74, 6) is 0. The number of sulfonamides is 1. The Morgan fingerprint density at radius 1 is 1.00 bits per heavy atom. The normalized spacial score (nSPS) is 12.1. The number of aryl methyl sites for hydroxylation is 1. The molecule has 0 bridgehead atoms. The average Bonchev–Trinajstić information content (AvgIpc) is 2.41. The van der Waals surface area contributed by atoms with E-state index in [2.05, 4.69) is 13.8 Å². The van der Waals surface area contributed by atoms with Crippen LogP contribution in [0.1, 0.15) is 50.7 Å². The van der Waals surface area contributed by atoms with Gasteiger partial charge in [-0.1, -0.05) is 38.8 Å². The Morgan fingerprint density at radius 3 is 2.05 bits per heavy atom. The van der Waals surface area contributed by atoms with Crippen LogP contribution in [0.15, 0.2) is 23.1 Å². The molecule has 114 valence electrons. The largest absolute Gasteiger partial charge is 0.243 e. The van der Waals surface area contributed by atoms with Gasteiger partial charge < -0.3 is 0 Å². The molecule has 0 aliphatic carbocycles. The number of nitrogens with zero attached hydrogens (tertiary/aromatic N) is 1. The summed E-state index contributed by atoms with van der Waals surface area (Å²) in [6, 6.07) is 5.51. The van der Waals surface area contributed by atoms with E-state index in [0.29, 0.717) is 18.0 Å². The minimum Gasteiger partial charge on any atom is -0.207 e. The van der Waals surface area contributed by atoms with Gasteiger partial charge >= 0.3 is 0 Å². The van der Waals surface area contributed by atoms with Crippen LogP contribution in [0.3, 0.4) is 0 Å². The minimum atomic E-state index is -3.37. The van der Waals surface area contributed by atoms with Crippen molar-refractivity contribution < 1.29 is 8.42 Å². The van der Waals surface area contributed by atoms with E-state index in [9.17, 15) is 8.42 Å². The van der Waals surface area contributed by atoms with Gasteiger partial charge in [-0.15, -0.1) is 0 Å². The molecule has 1 aromatic carbocycles. The van der Waals surface area contributed by atoms with Gasteiger partial charge in [0.1, 0.15) is 0 Å². The standard InChI is InChI=1S/C16H27NO2S/c1-5-7-12-17(13-8-6-2)20(18,19)16-11-9-10-14(3)15(16)4/h9-11H,5-8,12-13H2,1-4H3. The molecule has 0 saturated heterocycles. The molecule has 0 aliphatic heterocycles. The fourth-order valence-electron chi connectivity index (χ4n) is 2.16. The SMILES string of the molecule is CCCCN(CCCC)S(=O)(=O)c1cccc(C)c1C. The van der Waals surface area contributed by atoms with Gasteiger partial charge in [0.2, 0.25) is 10.0 Å². The molecule has 0 aliphatic rings. The second kappa shape index (κ2) is 7.79. The second-order valence-electron chi connectivity index (χ2n) is 5.31. The summed E-state index contributed by atoms with van der Waals surface area (Å²) >= 11 is 0. The monoisotopic (exact) mass is 297 g/mol. The molecule has 0 N–H and O–H groups in total. The summed E-state index contributed by atoms with van der Waals surface area (Å²) in [7, 11) is -3.37. The zero-order valence-electron chi connectivity index (χ0n) is 13.1. The van der Waals surface area contributed by atoms with Crippen molar-refractivity contribution in [3.63, 3.8) is 0 Å². The van der Waals surface area contributed by atoms with Crippen molar-refractivity contribution in [2.75, 3.05) is 13.1 Å². The molecule has 0 radical (unpaired) electrons. The van der Waals surface area contributed by atoms with Gasteiger partial charge in [0.25, 0.3) is 0 Å². The van der Waals surface area contributed by atoms with E-state index in [4.69, 9.17) is 0 Å². The van der Waals surface area contributed by atoms with Crippen LogP contribution in [0, 0.1) is 13.8 Å². The summed E-state index contributed by atoms with van der Waals surface area (Å²) in [5.41, 5.74) is 1.89. The Kier molecular flexibility index (Phi) is 6.69. The molecule has 0 spiro atoms. The van der Waals surface area contributed by atoms with E-state index in [1.54, 1.807) is 10.4 Å². The highest BCUT2D eigenvalue weighted by Gasteiger charge is 2.25. The lowest BCUT2D eigenvalue weighted by molar-refractivity contribution is 0.395. The first-order chi connectivity index (χ1) is 9.45. The zero-order chi connectivity index (χ0) is 15.2. The minimum absolute atomic E-state index is 0.463. The van der Waals surface area contributed by atoms with Crippen LogP contribution in [0.4, 0.5) is 0 Å². The van der Waals surface area contributed by atoms with Crippen LogP contribution in [0.2, 0.25) is 0 Å². The quantitative estimate of drug-likeness (QED) is 0.730. The average molecular weight is 297 g/mol. The molecule has 1 rings (SSSR count). The summed E-state index contributed by atoms with van der Waals surface area (Å²) in [6.45, 7) is 9.25. The molecule has 1 aromatic rings. The van der Waals surface area contributed by atoms with Crippen molar-refractivity contribution >= 4 is 10.0 Å². The molecule has 0 atom stereocenters. The Bertz CT molecular complexity index is 515. The highest BCUT2D eigenvalue weighted by Crippen LogP contribution is 2.23. The van der Waals surface area contributed by atoms with Crippen LogP contribution in [-0.2, 0) is 10.0 Å². The predicted octanol–water partition coefficient (Wildman–Crippen LogP) is 3.89. The highest BCUT2D eigenvalue weighted by molar-refractivity contribution is 7.89. The van der Waals surface area contributed by atoms with Gasteiger partial charge in [-0.3, -0.25) is 0 Å². The molecule has 0 fully saturated rings. The van der Waals surface area contributed by atoms with Gasteiger partial charge in [0.15, 0.2) is 0 Å². The second-order valence-corrected chi connectivity index (χ2v) is 7.22. The molecule has 0 amide bonds. The van der Waals surface area contributed by atoms with E-state index in [1.165, 1.54) is 0 Å². The predicted molar refractivity (Wildman–Crippen MR) is 84.5 cm³/mol. The molecule has 0 aromatic heterocycles. The Labute approximate surface area is 124 Å². The maximum Gasteiger partial charge on any atom is 0.243 e. The Balaban J connectivity index is 3.11. The number of benzene rings is 1. The van der Waals surface area contributed by atoms with E-state index >= 15 is 0 Å². The number of unbranched alkanes of at least 4 members (excludes halogenated alkanes) is 2. The lowest BCUT2D eigenvalue weighted by atomic mass is 10.1. The Morgan fingerprint density at radius 2 is 1.55 bits per heavy atom. The van der Waals surface area contributed by atoms with Crippen molar-refractivity contribution in [2.24, 2.45) is 0 Å². The first-order valence-electron chi connectivity index (χ1n) is 7.51. The van der Waals surface area contributed by atoms with Gasteiger partial charge in [-0.2, -0.15) is 4.31 Å². The van der Waals surface area contributed by atoms with Gasteiger partial charge in [-0.25, -0.2) is 8.42 Å². The Hall–Kier alpha value is -0.870. The van der Waals surface area contributed by atoms with Gasteiger partial charge in [-0.05, 0) is 43.9 Å². The third kappa shape index (κ3) is 4.06.